The van der Waals surface area contributed by atoms with Crippen LogP contribution in [0.15, 0.2) is 53.1 Å². The summed E-state index contributed by atoms with van der Waals surface area (Å²) >= 11 is 12.1. The first kappa shape index (κ1) is 16.6. The molecule has 0 unspecified atom stereocenters. The van der Waals surface area contributed by atoms with Crippen molar-refractivity contribution in [2.45, 2.75) is 0 Å². The van der Waals surface area contributed by atoms with Crippen LogP contribution in [0.2, 0.25) is 10.0 Å². The van der Waals surface area contributed by atoms with E-state index in [1.165, 1.54) is 0 Å². The third kappa shape index (κ3) is 3.26. The van der Waals surface area contributed by atoms with E-state index in [1.807, 2.05) is 18.2 Å². The van der Waals surface area contributed by atoms with Crippen LogP contribution in [-0.4, -0.2) is 25.2 Å². The van der Waals surface area contributed by atoms with Gasteiger partial charge in [0.15, 0.2) is 5.69 Å². The summed E-state index contributed by atoms with van der Waals surface area (Å²) in [4.78, 5) is 0. The third-order valence-corrected chi connectivity index (χ3v) is 4.01. The van der Waals surface area contributed by atoms with Crippen molar-refractivity contribution in [3.05, 3.63) is 58.7 Å². The maximum Gasteiger partial charge on any atom is 0.270 e. The minimum Gasteiger partial charge on any atom is -0.455 e. The zero-order valence-corrected chi connectivity index (χ0v) is 14.9. The summed E-state index contributed by atoms with van der Waals surface area (Å²) in [5.74, 6) is 1.56. The number of benzene rings is 2. The predicted octanol–water partition coefficient (Wildman–Crippen LogP) is 4.63. The van der Waals surface area contributed by atoms with Crippen LogP contribution < -0.4 is 4.74 Å². The number of nitrogens with zero attached hydrogens (tertiary/aromatic N) is 5. The van der Waals surface area contributed by atoms with Gasteiger partial charge in [0.05, 0.1) is 16.8 Å². The first-order valence-electron chi connectivity index (χ1n) is 7.52. The van der Waals surface area contributed by atoms with Crippen LogP contribution in [0.4, 0.5) is 0 Å². The molecule has 0 aliphatic heterocycles. The molecule has 0 N–H and O–H groups in total. The van der Waals surface area contributed by atoms with Gasteiger partial charge in [-0.15, -0.1) is 15.3 Å². The first-order valence-corrected chi connectivity index (χ1v) is 8.28. The summed E-state index contributed by atoms with van der Waals surface area (Å²) in [6, 6.07) is 12.3. The summed E-state index contributed by atoms with van der Waals surface area (Å²) < 4.78 is 13.2. The lowest BCUT2D eigenvalue weighted by atomic mass is 10.2. The molecule has 9 heteroatoms. The summed E-state index contributed by atoms with van der Waals surface area (Å²) in [6.45, 7) is 0. The van der Waals surface area contributed by atoms with Crippen molar-refractivity contribution < 1.29 is 9.15 Å². The molecule has 0 fully saturated rings. The molecule has 0 aliphatic carbocycles. The highest BCUT2D eigenvalue weighted by Gasteiger charge is 2.17. The maximum absolute atomic E-state index is 6.19. The Kier molecular flexibility index (Phi) is 4.32. The van der Waals surface area contributed by atoms with Gasteiger partial charge in [0.25, 0.3) is 11.8 Å². The molecule has 0 saturated heterocycles. The molecule has 0 amide bonds. The summed E-state index contributed by atoms with van der Waals surface area (Å²) in [5, 5.41) is 16.8. The molecule has 7 nitrogen and oxygen atoms in total. The van der Waals surface area contributed by atoms with E-state index in [0.29, 0.717) is 38.7 Å². The molecule has 26 heavy (non-hydrogen) atoms. The predicted molar refractivity (Wildman–Crippen MR) is 96.3 cm³/mol. The van der Waals surface area contributed by atoms with Crippen molar-refractivity contribution in [1.82, 2.24) is 25.2 Å². The topological polar surface area (TPSA) is 78.9 Å². The average Bonchev–Trinajstić information content (AvgIpc) is 3.27. The van der Waals surface area contributed by atoms with E-state index >= 15 is 0 Å². The second kappa shape index (κ2) is 6.78. The minimum atomic E-state index is 0.271. The van der Waals surface area contributed by atoms with E-state index in [9.17, 15) is 0 Å². The van der Waals surface area contributed by atoms with Crippen LogP contribution >= 0.6 is 23.2 Å². The number of hydrogen-bond donors (Lipinski definition) is 0. The van der Waals surface area contributed by atoms with E-state index < -0.39 is 0 Å². The van der Waals surface area contributed by atoms with Gasteiger partial charge in [0, 0.05) is 12.1 Å². The highest BCUT2D eigenvalue weighted by Crippen LogP contribution is 2.37. The van der Waals surface area contributed by atoms with E-state index in [2.05, 4.69) is 20.5 Å². The molecule has 2 heterocycles. The standard InChI is InChI=1S/C17H11Cl2N5O2/c1-24-9-13(20-23-24)17-22-21-16(26-17)11-4-2-3-5-14(11)25-15-7-6-10(18)8-12(15)19/h2-9H,1H3. The molecule has 4 aromatic rings. The Morgan fingerprint density at radius 3 is 2.54 bits per heavy atom. The summed E-state index contributed by atoms with van der Waals surface area (Å²) in [7, 11) is 1.76. The lowest BCUT2D eigenvalue weighted by Gasteiger charge is -2.10. The average molecular weight is 388 g/mol. The van der Waals surface area contributed by atoms with Crippen LogP contribution in [0, 0.1) is 0 Å². The smallest absolute Gasteiger partial charge is 0.270 e. The molecule has 2 aromatic carbocycles. The highest BCUT2D eigenvalue weighted by molar-refractivity contribution is 6.35. The van der Waals surface area contributed by atoms with Crippen LogP contribution in [0.25, 0.3) is 23.0 Å². The normalized spacial score (nSPS) is 10.9. The first-order chi connectivity index (χ1) is 12.6. The SMILES string of the molecule is Cn1cc(-c2nnc(-c3ccccc3Oc3ccc(Cl)cc3Cl)o2)nn1. The van der Waals surface area contributed by atoms with Crippen LogP contribution in [0.5, 0.6) is 11.5 Å². The highest BCUT2D eigenvalue weighted by atomic mass is 35.5. The molecule has 0 spiro atoms. The quantitative estimate of drug-likeness (QED) is 0.507. The molecule has 2 aromatic heterocycles. The molecular formula is C17H11Cl2N5O2. The monoisotopic (exact) mass is 387 g/mol. The number of hydrogen-bond acceptors (Lipinski definition) is 6. The number of aromatic nitrogens is 5. The largest absolute Gasteiger partial charge is 0.455 e. The van der Waals surface area contributed by atoms with Crippen molar-refractivity contribution >= 4 is 23.2 Å². The molecule has 4 rings (SSSR count). The van der Waals surface area contributed by atoms with Gasteiger partial charge in [-0.25, -0.2) is 0 Å². The van der Waals surface area contributed by atoms with E-state index in [0.717, 1.165) is 0 Å². The molecule has 0 aliphatic rings. The number of para-hydroxylation sites is 1. The Bertz CT molecular complexity index is 1080. The Labute approximate surface area is 158 Å². The zero-order valence-electron chi connectivity index (χ0n) is 13.4. The van der Waals surface area contributed by atoms with Gasteiger partial charge < -0.3 is 9.15 Å². The third-order valence-electron chi connectivity index (χ3n) is 3.48. The number of ether oxygens (including phenoxy) is 1. The molecule has 130 valence electrons. The fourth-order valence-corrected chi connectivity index (χ4v) is 2.74. The molecule has 0 saturated carbocycles. The minimum absolute atomic E-state index is 0.271. The van der Waals surface area contributed by atoms with Crippen molar-refractivity contribution in [3.8, 4) is 34.5 Å². The van der Waals surface area contributed by atoms with E-state index in [-0.39, 0.29) is 5.89 Å². The summed E-state index contributed by atoms with van der Waals surface area (Å²) in [6.07, 6.45) is 1.69. The van der Waals surface area contributed by atoms with Crippen LogP contribution in [-0.2, 0) is 7.05 Å². The van der Waals surface area contributed by atoms with E-state index in [1.54, 1.807) is 42.2 Å². The Balaban J connectivity index is 1.69. The van der Waals surface area contributed by atoms with E-state index in [4.69, 9.17) is 32.4 Å². The second-order valence-corrected chi connectivity index (χ2v) is 6.21. The number of aryl methyl sites for hydroxylation is 1. The van der Waals surface area contributed by atoms with Gasteiger partial charge >= 0.3 is 0 Å². The van der Waals surface area contributed by atoms with Gasteiger partial charge in [0.2, 0.25) is 0 Å². The van der Waals surface area contributed by atoms with Gasteiger partial charge in [0.1, 0.15) is 11.5 Å². The van der Waals surface area contributed by atoms with Crippen molar-refractivity contribution in [1.29, 1.82) is 0 Å². The zero-order chi connectivity index (χ0) is 18.1. The lowest BCUT2D eigenvalue weighted by Crippen LogP contribution is -1.89. The van der Waals surface area contributed by atoms with Gasteiger partial charge in [-0.05, 0) is 30.3 Å². The fraction of sp³-hybridized carbons (Fsp3) is 0.0588. The molecule has 0 radical (unpaired) electrons. The molecule has 0 atom stereocenters. The number of halogens is 2. The lowest BCUT2D eigenvalue weighted by molar-refractivity contribution is 0.481. The van der Waals surface area contributed by atoms with Crippen molar-refractivity contribution in [2.24, 2.45) is 7.05 Å². The second-order valence-electron chi connectivity index (χ2n) is 5.36. The summed E-state index contributed by atoms with van der Waals surface area (Å²) in [5.41, 5.74) is 1.12. The van der Waals surface area contributed by atoms with Gasteiger partial charge in [-0.3, -0.25) is 4.68 Å². The van der Waals surface area contributed by atoms with Crippen LogP contribution in [0.1, 0.15) is 0 Å². The Morgan fingerprint density at radius 1 is 0.962 bits per heavy atom. The molecule has 0 bridgehead atoms. The van der Waals surface area contributed by atoms with Crippen LogP contribution in [0.3, 0.4) is 0 Å². The Hall–Kier alpha value is -2.90. The van der Waals surface area contributed by atoms with Crippen molar-refractivity contribution in [2.75, 3.05) is 0 Å². The van der Waals surface area contributed by atoms with Gasteiger partial charge in [-0.2, -0.15) is 0 Å². The van der Waals surface area contributed by atoms with Gasteiger partial charge in [-0.1, -0.05) is 40.5 Å². The molecular weight excluding hydrogens is 377 g/mol. The Morgan fingerprint density at radius 2 is 1.77 bits per heavy atom. The fourth-order valence-electron chi connectivity index (χ4n) is 2.29. The van der Waals surface area contributed by atoms with Crippen molar-refractivity contribution in [3.63, 3.8) is 0 Å². The maximum atomic E-state index is 6.19. The number of rotatable bonds is 4.